The van der Waals surface area contributed by atoms with Crippen LogP contribution in [0.15, 0.2) is 66.9 Å². The van der Waals surface area contributed by atoms with Gasteiger partial charge in [-0.15, -0.1) is 10.1 Å². The van der Waals surface area contributed by atoms with Crippen molar-refractivity contribution in [2.24, 2.45) is 0 Å². The topological polar surface area (TPSA) is 109 Å². The average molecular weight is 533 g/mol. The molecule has 3 atom stereocenters. The lowest BCUT2D eigenvalue weighted by Gasteiger charge is -2.40. The highest BCUT2D eigenvalue weighted by Gasteiger charge is 2.40. The predicted molar refractivity (Wildman–Crippen MR) is 145 cm³/mol. The highest BCUT2D eigenvalue weighted by Crippen LogP contribution is 2.44. The maximum Gasteiger partial charge on any atom is 0.294 e. The van der Waals surface area contributed by atoms with Crippen molar-refractivity contribution in [1.82, 2.24) is 9.38 Å². The molecule has 1 aliphatic rings. The number of hydrogen-bond acceptors (Lipinski definition) is 8. The summed E-state index contributed by atoms with van der Waals surface area (Å²) in [5, 5.41) is 13.4. The highest BCUT2D eigenvalue weighted by molar-refractivity contribution is 5.75. The van der Waals surface area contributed by atoms with Gasteiger partial charge in [0, 0.05) is 24.6 Å². The average Bonchev–Trinajstić information content (AvgIpc) is 3.25. The molecule has 10 heteroatoms. The van der Waals surface area contributed by atoms with Crippen molar-refractivity contribution in [2.75, 3.05) is 25.6 Å². The number of aromatic nitrogens is 2. The van der Waals surface area contributed by atoms with Crippen LogP contribution in [0.25, 0.3) is 5.65 Å². The standard InChI is InChI=1S/C29H32N4O6/c1-19-20(2)32-14-13-24-26(29(32)30-19)31-25(23-7-5-4-6-8-23)28(27(24)37-16-15-36-3)38-17-21-9-11-22(12-10-21)18-39-33(34)35/h4-14,25,27-28,31H,15-18H2,1-3H3/t25-,27-,28-/m1/s1. The second-order valence-corrected chi connectivity index (χ2v) is 9.53. The van der Waals surface area contributed by atoms with Crippen molar-refractivity contribution in [3.05, 3.63) is 111 Å². The summed E-state index contributed by atoms with van der Waals surface area (Å²) >= 11 is 0. The van der Waals surface area contributed by atoms with Gasteiger partial charge in [-0.05, 0) is 36.6 Å². The van der Waals surface area contributed by atoms with Crippen LogP contribution >= 0.6 is 0 Å². The molecule has 0 saturated carbocycles. The van der Waals surface area contributed by atoms with Gasteiger partial charge in [0.25, 0.3) is 5.09 Å². The third kappa shape index (κ3) is 5.73. The molecule has 1 N–H and O–H groups in total. The molecular formula is C29H32N4O6. The second kappa shape index (κ2) is 11.8. The third-order valence-corrected chi connectivity index (χ3v) is 7.08. The van der Waals surface area contributed by atoms with Crippen LogP contribution in [0.4, 0.5) is 5.69 Å². The molecule has 0 spiro atoms. The van der Waals surface area contributed by atoms with E-state index in [-0.39, 0.29) is 24.9 Å². The number of pyridine rings is 1. The number of nitrogens with one attached hydrogen (secondary N) is 1. The normalized spacial score (nSPS) is 18.5. The molecule has 204 valence electrons. The van der Waals surface area contributed by atoms with Gasteiger partial charge in [-0.1, -0.05) is 54.6 Å². The minimum absolute atomic E-state index is 0.0931. The molecule has 39 heavy (non-hydrogen) atoms. The monoisotopic (exact) mass is 532 g/mol. The van der Waals surface area contributed by atoms with Crippen LogP contribution in [0.5, 0.6) is 0 Å². The summed E-state index contributed by atoms with van der Waals surface area (Å²) in [6.07, 6.45) is 1.29. The molecule has 10 nitrogen and oxygen atoms in total. The van der Waals surface area contributed by atoms with Gasteiger partial charge in [-0.3, -0.25) is 0 Å². The zero-order chi connectivity index (χ0) is 27.4. The summed E-state index contributed by atoms with van der Waals surface area (Å²) in [5.74, 6) is 0. The van der Waals surface area contributed by atoms with E-state index in [1.54, 1.807) is 19.2 Å². The van der Waals surface area contributed by atoms with Gasteiger partial charge in [-0.25, -0.2) is 4.98 Å². The van der Waals surface area contributed by atoms with Crippen LogP contribution in [0, 0.1) is 24.0 Å². The summed E-state index contributed by atoms with van der Waals surface area (Å²) in [6.45, 7) is 5.18. The summed E-state index contributed by atoms with van der Waals surface area (Å²) in [5.41, 5.74) is 7.55. The first kappa shape index (κ1) is 26.6. The molecule has 1 aliphatic heterocycles. The maximum atomic E-state index is 10.5. The largest absolute Gasteiger partial charge is 0.382 e. The first-order chi connectivity index (χ1) is 19.0. The number of rotatable bonds is 11. The van der Waals surface area contributed by atoms with Crippen LogP contribution in [0.2, 0.25) is 0 Å². The number of fused-ring (bicyclic) bond motifs is 3. The van der Waals surface area contributed by atoms with E-state index in [2.05, 4.69) is 39.7 Å². The molecule has 2 aromatic heterocycles. The van der Waals surface area contributed by atoms with Gasteiger partial charge in [0.15, 0.2) is 5.65 Å². The number of methoxy groups -OCH3 is 1. The Bertz CT molecular complexity index is 1420. The molecular weight excluding hydrogens is 500 g/mol. The van der Waals surface area contributed by atoms with Crippen molar-refractivity contribution in [3.63, 3.8) is 0 Å². The maximum absolute atomic E-state index is 10.5. The van der Waals surface area contributed by atoms with Crippen molar-refractivity contribution >= 4 is 11.3 Å². The fraction of sp³-hybridized carbons (Fsp3) is 0.345. The Balaban J connectivity index is 1.49. The minimum Gasteiger partial charge on any atom is -0.382 e. The Labute approximate surface area is 226 Å². The summed E-state index contributed by atoms with van der Waals surface area (Å²) < 4.78 is 20.5. The highest BCUT2D eigenvalue weighted by atomic mass is 16.9. The SMILES string of the molecule is COCCO[C@@H]1c2ccn3c(C)c(C)nc3c2N[C@H](c2ccccc2)[C@H]1OCc1ccc(CO[N+](=O)[O-])cc1. The Kier molecular flexibility index (Phi) is 8.06. The Hall–Kier alpha value is -3.99. The van der Waals surface area contributed by atoms with Gasteiger partial charge >= 0.3 is 0 Å². The number of hydrogen-bond donors (Lipinski definition) is 1. The first-order valence-electron chi connectivity index (χ1n) is 12.8. The van der Waals surface area contributed by atoms with E-state index in [1.807, 2.05) is 43.5 Å². The first-order valence-corrected chi connectivity index (χ1v) is 12.8. The van der Waals surface area contributed by atoms with Crippen LogP contribution in [0.1, 0.15) is 45.8 Å². The minimum atomic E-state index is -0.793. The lowest BCUT2D eigenvalue weighted by molar-refractivity contribution is -0.763. The Morgan fingerprint density at radius 1 is 0.974 bits per heavy atom. The second-order valence-electron chi connectivity index (χ2n) is 9.53. The quantitative estimate of drug-likeness (QED) is 0.161. The molecule has 0 saturated heterocycles. The summed E-state index contributed by atoms with van der Waals surface area (Å²) in [4.78, 5) is 19.8. The number of benzene rings is 2. The third-order valence-electron chi connectivity index (χ3n) is 7.08. The van der Waals surface area contributed by atoms with Crippen molar-refractivity contribution in [1.29, 1.82) is 0 Å². The van der Waals surface area contributed by atoms with Gasteiger partial charge < -0.3 is 28.8 Å². The van der Waals surface area contributed by atoms with E-state index < -0.39 is 5.09 Å². The Morgan fingerprint density at radius 3 is 2.38 bits per heavy atom. The lowest BCUT2D eigenvalue weighted by Crippen LogP contribution is -2.40. The molecule has 0 unspecified atom stereocenters. The molecule has 0 aliphatic carbocycles. The van der Waals surface area contributed by atoms with E-state index in [0.29, 0.717) is 25.4 Å². The fourth-order valence-electron chi connectivity index (χ4n) is 4.94. The number of nitrogens with zero attached hydrogens (tertiary/aromatic N) is 3. The number of aryl methyl sites for hydroxylation is 2. The Morgan fingerprint density at radius 2 is 1.69 bits per heavy atom. The lowest BCUT2D eigenvalue weighted by atomic mass is 9.88. The number of imidazole rings is 1. The van der Waals surface area contributed by atoms with E-state index in [9.17, 15) is 10.1 Å². The number of ether oxygens (including phenoxy) is 3. The van der Waals surface area contributed by atoms with Crippen molar-refractivity contribution in [3.8, 4) is 0 Å². The molecule has 5 rings (SSSR count). The van der Waals surface area contributed by atoms with Crippen LogP contribution < -0.4 is 5.32 Å². The van der Waals surface area contributed by atoms with Gasteiger partial charge in [0.05, 0.1) is 37.2 Å². The molecule has 0 radical (unpaired) electrons. The zero-order valence-electron chi connectivity index (χ0n) is 22.2. The van der Waals surface area contributed by atoms with E-state index in [0.717, 1.165) is 39.4 Å². The summed E-state index contributed by atoms with van der Waals surface area (Å²) in [7, 11) is 1.65. The van der Waals surface area contributed by atoms with Crippen molar-refractivity contribution in [2.45, 2.75) is 45.3 Å². The summed E-state index contributed by atoms with van der Waals surface area (Å²) in [6, 6.07) is 19.4. The fourth-order valence-corrected chi connectivity index (χ4v) is 4.94. The van der Waals surface area contributed by atoms with Crippen LogP contribution in [-0.2, 0) is 32.3 Å². The van der Waals surface area contributed by atoms with Gasteiger partial charge in [-0.2, -0.15) is 0 Å². The molecule has 0 bridgehead atoms. The van der Waals surface area contributed by atoms with Gasteiger partial charge in [0.1, 0.15) is 18.8 Å². The van der Waals surface area contributed by atoms with Gasteiger partial charge in [0.2, 0.25) is 0 Å². The molecule has 4 aromatic rings. The van der Waals surface area contributed by atoms with Crippen LogP contribution in [0.3, 0.4) is 0 Å². The number of anilines is 1. The smallest absolute Gasteiger partial charge is 0.294 e. The van der Waals surface area contributed by atoms with Crippen LogP contribution in [-0.4, -0.2) is 40.9 Å². The molecule has 0 amide bonds. The molecule has 2 aromatic carbocycles. The molecule has 0 fully saturated rings. The van der Waals surface area contributed by atoms with E-state index in [4.69, 9.17) is 19.2 Å². The van der Waals surface area contributed by atoms with E-state index in [1.165, 1.54) is 0 Å². The van der Waals surface area contributed by atoms with E-state index >= 15 is 0 Å². The zero-order valence-corrected chi connectivity index (χ0v) is 22.2. The van der Waals surface area contributed by atoms with Crippen molar-refractivity contribution < 1.29 is 24.1 Å². The predicted octanol–water partition coefficient (Wildman–Crippen LogP) is 5.12. The molecule has 3 heterocycles.